The average Bonchev–Trinajstić information content (AvgIpc) is 2.96. The van der Waals surface area contributed by atoms with Gasteiger partial charge in [-0.1, -0.05) is 54.8 Å². The van der Waals surface area contributed by atoms with Gasteiger partial charge < -0.3 is 15.6 Å². The van der Waals surface area contributed by atoms with Crippen molar-refractivity contribution < 1.29 is 0 Å². The third kappa shape index (κ3) is 3.40. The van der Waals surface area contributed by atoms with Crippen LogP contribution in [-0.4, -0.2) is 21.6 Å². The minimum Gasteiger partial charge on any atom is -0.351 e. The summed E-state index contributed by atoms with van der Waals surface area (Å²) in [6, 6.07) is 17.6. The van der Waals surface area contributed by atoms with E-state index in [2.05, 4.69) is 59.3 Å². The van der Waals surface area contributed by atoms with Crippen LogP contribution in [0.25, 0.3) is 11.0 Å². The van der Waals surface area contributed by atoms with Gasteiger partial charge in [-0.25, -0.2) is 4.98 Å². The van der Waals surface area contributed by atoms with Gasteiger partial charge in [0.25, 0.3) is 0 Å². The highest BCUT2D eigenvalue weighted by Gasteiger charge is 2.23. The summed E-state index contributed by atoms with van der Waals surface area (Å²) in [7, 11) is 0. The number of para-hydroxylation sites is 2. The van der Waals surface area contributed by atoms with Gasteiger partial charge in [0, 0.05) is 12.1 Å². The van der Waals surface area contributed by atoms with Gasteiger partial charge >= 0.3 is 0 Å². The number of hydrogen-bond acceptors (Lipinski definition) is 3. The van der Waals surface area contributed by atoms with Crippen LogP contribution < -0.4 is 11.1 Å². The van der Waals surface area contributed by atoms with Crippen molar-refractivity contribution in [2.24, 2.45) is 5.73 Å². The molecular weight excluding hydrogens is 308 g/mol. The van der Waals surface area contributed by atoms with Gasteiger partial charge in [-0.2, -0.15) is 0 Å². The monoisotopic (exact) mass is 334 g/mol. The molecular formula is C21H26N4. The molecule has 0 radical (unpaired) electrons. The Bertz CT molecular complexity index is 850. The standard InChI is InChI=1S/C21H26N4/c1-15-10-12-16(13-11-15)14-25-20-9-5-4-8-19(20)24-21(25)23-18-7-3-2-6-17(18)22/h4-5,8-13,17-18H,2-3,6-7,14,22H2,1H3,(H,23,24). The van der Waals surface area contributed by atoms with Gasteiger partial charge in [-0.15, -0.1) is 0 Å². The zero-order chi connectivity index (χ0) is 17.2. The van der Waals surface area contributed by atoms with E-state index in [-0.39, 0.29) is 6.04 Å². The van der Waals surface area contributed by atoms with Crippen LogP contribution in [0.2, 0.25) is 0 Å². The summed E-state index contributed by atoms with van der Waals surface area (Å²) in [5.74, 6) is 0.934. The van der Waals surface area contributed by atoms with E-state index in [1.54, 1.807) is 0 Å². The molecule has 25 heavy (non-hydrogen) atoms. The van der Waals surface area contributed by atoms with Gasteiger partial charge in [0.15, 0.2) is 0 Å². The maximum Gasteiger partial charge on any atom is 0.204 e. The molecule has 130 valence electrons. The Morgan fingerprint density at radius 2 is 1.84 bits per heavy atom. The number of nitrogens with one attached hydrogen (secondary N) is 1. The predicted octanol–water partition coefficient (Wildman–Crippen LogP) is 4.07. The van der Waals surface area contributed by atoms with Crippen LogP contribution >= 0.6 is 0 Å². The number of aryl methyl sites for hydroxylation is 1. The maximum absolute atomic E-state index is 6.34. The Kier molecular flexibility index (Phi) is 4.45. The number of nitrogens with zero attached hydrogens (tertiary/aromatic N) is 2. The predicted molar refractivity (Wildman–Crippen MR) is 104 cm³/mol. The summed E-state index contributed by atoms with van der Waals surface area (Å²) in [5, 5.41) is 3.65. The number of fused-ring (bicyclic) bond motifs is 1. The van der Waals surface area contributed by atoms with E-state index in [0.29, 0.717) is 6.04 Å². The molecule has 2 unspecified atom stereocenters. The van der Waals surface area contributed by atoms with Crippen molar-refractivity contribution in [2.75, 3.05) is 5.32 Å². The normalized spacial score (nSPS) is 20.7. The molecule has 1 fully saturated rings. The zero-order valence-electron chi connectivity index (χ0n) is 14.8. The molecule has 3 aromatic rings. The van der Waals surface area contributed by atoms with Crippen molar-refractivity contribution in [3.8, 4) is 0 Å². The Balaban J connectivity index is 1.68. The number of aromatic nitrogens is 2. The second-order valence-corrected chi connectivity index (χ2v) is 7.20. The van der Waals surface area contributed by atoms with Gasteiger partial charge in [0.1, 0.15) is 0 Å². The van der Waals surface area contributed by atoms with Crippen LogP contribution in [0.1, 0.15) is 36.8 Å². The molecule has 4 rings (SSSR count). The molecule has 0 saturated heterocycles. The van der Waals surface area contributed by atoms with Crippen molar-refractivity contribution in [3.05, 3.63) is 59.7 Å². The SMILES string of the molecule is Cc1ccc(Cn2c(NC3CCCCC3N)nc3ccccc32)cc1. The lowest BCUT2D eigenvalue weighted by Crippen LogP contribution is -2.43. The first-order valence-electron chi connectivity index (χ1n) is 9.23. The highest BCUT2D eigenvalue weighted by atomic mass is 15.2. The quantitative estimate of drug-likeness (QED) is 0.756. The summed E-state index contributed by atoms with van der Waals surface area (Å²) in [6.07, 6.45) is 4.69. The molecule has 1 aromatic heterocycles. The van der Waals surface area contributed by atoms with Crippen LogP contribution in [0.5, 0.6) is 0 Å². The number of benzene rings is 2. The first-order chi connectivity index (χ1) is 12.2. The minimum absolute atomic E-state index is 0.210. The first-order valence-corrected chi connectivity index (χ1v) is 9.23. The Labute approximate surface area is 149 Å². The molecule has 2 aromatic carbocycles. The molecule has 0 aliphatic heterocycles. The topological polar surface area (TPSA) is 55.9 Å². The van der Waals surface area contributed by atoms with Crippen molar-refractivity contribution in [1.29, 1.82) is 0 Å². The lowest BCUT2D eigenvalue weighted by molar-refractivity contribution is 0.401. The minimum atomic E-state index is 0.210. The van der Waals surface area contributed by atoms with Crippen LogP contribution in [0.3, 0.4) is 0 Å². The van der Waals surface area contributed by atoms with E-state index >= 15 is 0 Å². The number of hydrogen-bond donors (Lipinski definition) is 2. The van der Waals surface area contributed by atoms with Gasteiger partial charge in [-0.3, -0.25) is 0 Å². The zero-order valence-corrected chi connectivity index (χ0v) is 14.8. The van der Waals surface area contributed by atoms with Crippen LogP contribution in [0.15, 0.2) is 48.5 Å². The van der Waals surface area contributed by atoms with E-state index in [9.17, 15) is 0 Å². The molecule has 0 amide bonds. The van der Waals surface area contributed by atoms with E-state index in [0.717, 1.165) is 36.4 Å². The molecule has 2 atom stereocenters. The average molecular weight is 334 g/mol. The number of nitrogens with two attached hydrogens (primary N) is 1. The lowest BCUT2D eigenvalue weighted by atomic mass is 9.91. The molecule has 0 bridgehead atoms. The number of imidazole rings is 1. The second-order valence-electron chi connectivity index (χ2n) is 7.20. The van der Waals surface area contributed by atoms with Crippen molar-refractivity contribution >= 4 is 17.0 Å². The van der Waals surface area contributed by atoms with Gasteiger partial charge in [0.05, 0.1) is 17.6 Å². The van der Waals surface area contributed by atoms with Gasteiger partial charge in [-0.05, 0) is 37.5 Å². The maximum atomic E-state index is 6.34. The summed E-state index contributed by atoms with van der Waals surface area (Å²) in [4.78, 5) is 4.85. The van der Waals surface area contributed by atoms with Crippen LogP contribution in [0.4, 0.5) is 5.95 Å². The highest BCUT2D eigenvalue weighted by Crippen LogP contribution is 2.25. The summed E-state index contributed by atoms with van der Waals surface area (Å²) >= 11 is 0. The smallest absolute Gasteiger partial charge is 0.204 e. The molecule has 4 heteroatoms. The Morgan fingerprint density at radius 3 is 2.64 bits per heavy atom. The van der Waals surface area contributed by atoms with Crippen molar-refractivity contribution in [3.63, 3.8) is 0 Å². The van der Waals surface area contributed by atoms with E-state index < -0.39 is 0 Å². The fourth-order valence-electron chi connectivity index (χ4n) is 3.73. The largest absolute Gasteiger partial charge is 0.351 e. The Morgan fingerprint density at radius 1 is 1.08 bits per heavy atom. The molecule has 3 N–H and O–H groups in total. The third-order valence-corrected chi connectivity index (χ3v) is 5.25. The number of rotatable bonds is 4. The van der Waals surface area contributed by atoms with E-state index in [4.69, 9.17) is 10.7 Å². The first kappa shape index (κ1) is 16.2. The lowest BCUT2D eigenvalue weighted by Gasteiger charge is -2.29. The van der Waals surface area contributed by atoms with E-state index in [1.807, 2.05) is 6.07 Å². The fraction of sp³-hybridized carbons (Fsp3) is 0.381. The summed E-state index contributed by atoms with van der Waals surface area (Å²) in [6.45, 7) is 2.93. The molecule has 1 aliphatic carbocycles. The van der Waals surface area contributed by atoms with Crippen molar-refractivity contribution in [1.82, 2.24) is 9.55 Å². The molecule has 0 spiro atoms. The molecule has 1 heterocycles. The summed E-state index contributed by atoms with van der Waals surface area (Å²) in [5.41, 5.74) is 11.1. The highest BCUT2D eigenvalue weighted by molar-refractivity contribution is 5.78. The van der Waals surface area contributed by atoms with Crippen molar-refractivity contribution in [2.45, 2.75) is 51.2 Å². The van der Waals surface area contributed by atoms with Crippen LogP contribution in [-0.2, 0) is 6.54 Å². The van der Waals surface area contributed by atoms with Gasteiger partial charge in [0.2, 0.25) is 5.95 Å². The molecule has 1 aliphatic rings. The summed E-state index contributed by atoms with van der Waals surface area (Å²) < 4.78 is 2.28. The van der Waals surface area contributed by atoms with Crippen LogP contribution in [0, 0.1) is 6.92 Å². The molecule has 4 nitrogen and oxygen atoms in total. The third-order valence-electron chi connectivity index (χ3n) is 5.25. The van der Waals surface area contributed by atoms with E-state index in [1.165, 1.54) is 24.0 Å². The number of anilines is 1. The Hall–Kier alpha value is -2.33. The second kappa shape index (κ2) is 6.89. The fourth-order valence-corrected chi connectivity index (χ4v) is 3.73. The molecule has 1 saturated carbocycles.